The molecule has 0 aromatic heterocycles. The van der Waals surface area contributed by atoms with E-state index in [-0.39, 0.29) is 16.4 Å². The van der Waals surface area contributed by atoms with Crippen LogP contribution < -0.4 is 4.74 Å². The molecule has 2 saturated heterocycles. The first-order valence-corrected chi connectivity index (χ1v) is 11.1. The number of methoxy groups -OCH3 is 1. The summed E-state index contributed by atoms with van der Waals surface area (Å²) < 4.78 is 60.6. The SMILES string of the molecule is COc1ccc(S(=O)(=O)C2CS(=O)(=O)CC2N2CCOCC2)cc1. The Labute approximate surface area is 142 Å². The summed E-state index contributed by atoms with van der Waals surface area (Å²) in [5, 5.41) is -0.950. The molecule has 0 amide bonds. The van der Waals surface area contributed by atoms with Crippen molar-refractivity contribution in [2.45, 2.75) is 16.2 Å². The lowest BCUT2D eigenvalue weighted by Crippen LogP contribution is -2.50. The Morgan fingerprint density at radius 2 is 1.75 bits per heavy atom. The van der Waals surface area contributed by atoms with Gasteiger partial charge in [-0.15, -0.1) is 0 Å². The maximum Gasteiger partial charge on any atom is 0.183 e. The standard InChI is InChI=1S/C15H21NO6S2/c1-21-12-2-4-13(5-3-12)24(19,20)15-11-23(17,18)10-14(15)16-6-8-22-9-7-16/h2-5,14-15H,6-11H2,1H3. The molecule has 0 N–H and O–H groups in total. The summed E-state index contributed by atoms with van der Waals surface area (Å²) in [5.41, 5.74) is 0. The van der Waals surface area contributed by atoms with E-state index in [0.717, 1.165) is 0 Å². The fourth-order valence-corrected chi connectivity index (χ4v) is 8.11. The molecule has 134 valence electrons. The smallest absolute Gasteiger partial charge is 0.183 e. The van der Waals surface area contributed by atoms with Crippen molar-refractivity contribution < 1.29 is 26.3 Å². The van der Waals surface area contributed by atoms with E-state index in [2.05, 4.69) is 0 Å². The monoisotopic (exact) mass is 375 g/mol. The lowest BCUT2D eigenvalue weighted by atomic mass is 10.2. The zero-order chi connectivity index (χ0) is 17.4. The van der Waals surface area contributed by atoms with Gasteiger partial charge in [0.2, 0.25) is 0 Å². The molecule has 2 aliphatic heterocycles. The molecule has 9 heteroatoms. The minimum atomic E-state index is -3.75. The highest BCUT2D eigenvalue weighted by atomic mass is 32.2. The highest BCUT2D eigenvalue weighted by Gasteiger charge is 2.48. The summed E-state index contributed by atoms with van der Waals surface area (Å²) in [6, 6.07) is 5.55. The number of benzene rings is 1. The van der Waals surface area contributed by atoms with Crippen LogP contribution in [0.15, 0.2) is 29.2 Å². The van der Waals surface area contributed by atoms with Crippen molar-refractivity contribution in [3.05, 3.63) is 24.3 Å². The van der Waals surface area contributed by atoms with E-state index in [0.29, 0.717) is 32.1 Å². The van der Waals surface area contributed by atoms with Gasteiger partial charge in [0.1, 0.15) is 5.75 Å². The Bertz CT molecular complexity index is 782. The Morgan fingerprint density at radius 1 is 1.12 bits per heavy atom. The fraction of sp³-hybridized carbons (Fsp3) is 0.600. The first-order valence-electron chi connectivity index (χ1n) is 7.74. The second-order valence-corrected chi connectivity index (χ2v) is 10.4. The highest BCUT2D eigenvalue weighted by molar-refractivity contribution is 7.96. The van der Waals surface area contributed by atoms with Crippen LogP contribution in [0.25, 0.3) is 0 Å². The average Bonchev–Trinajstić information content (AvgIpc) is 2.92. The molecule has 2 heterocycles. The van der Waals surface area contributed by atoms with Crippen molar-refractivity contribution in [2.75, 3.05) is 44.9 Å². The summed E-state index contributed by atoms with van der Waals surface area (Å²) in [6.07, 6.45) is 0. The molecular weight excluding hydrogens is 354 g/mol. The number of rotatable bonds is 4. The minimum Gasteiger partial charge on any atom is -0.497 e. The summed E-state index contributed by atoms with van der Waals surface area (Å²) in [6.45, 7) is 2.08. The van der Waals surface area contributed by atoms with Crippen LogP contribution in [0.3, 0.4) is 0 Å². The van der Waals surface area contributed by atoms with Crippen LogP contribution in [-0.2, 0) is 24.4 Å². The van der Waals surface area contributed by atoms with Gasteiger partial charge in [0, 0.05) is 19.1 Å². The van der Waals surface area contributed by atoms with E-state index in [1.165, 1.54) is 19.2 Å². The third-order valence-electron chi connectivity index (χ3n) is 4.57. The molecule has 0 saturated carbocycles. The van der Waals surface area contributed by atoms with E-state index >= 15 is 0 Å². The first kappa shape index (κ1) is 17.7. The molecular formula is C15H21NO6S2. The molecule has 1 aromatic carbocycles. The van der Waals surface area contributed by atoms with Gasteiger partial charge in [-0.1, -0.05) is 0 Å². The van der Waals surface area contributed by atoms with Gasteiger partial charge in [-0.2, -0.15) is 0 Å². The number of hydrogen-bond acceptors (Lipinski definition) is 7. The van der Waals surface area contributed by atoms with Crippen molar-refractivity contribution in [2.24, 2.45) is 0 Å². The maximum absolute atomic E-state index is 13.0. The maximum atomic E-state index is 13.0. The fourth-order valence-electron chi connectivity index (χ4n) is 3.28. The van der Waals surface area contributed by atoms with Crippen LogP contribution in [0.1, 0.15) is 0 Å². The zero-order valence-electron chi connectivity index (χ0n) is 13.4. The van der Waals surface area contributed by atoms with E-state index in [1.807, 2.05) is 4.90 Å². The molecule has 1 aromatic rings. The summed E-state index contributed by atoms with van der Waals surface area (Å²) in [4.78, 5) is 2.06. The second-order valence-electron chi connectivity index (χ2n) is 6.05. The van der Waals surface area contributed by atoms with Crippen LogP contribution in [0.4, 0.5) is 0 Å². The van der Waals surface area contributed by atoms with Crippen LogP contribution in [0.5, 0.6) is 5.75 Å². The highest BCUT2D eigenvalue weighted by Crippen LogP contribution is 2.30. The Kier molecular flexibility index (Phi) is 4.87. The molecule has 7 nitrogen and oxygen atoms in total. The van der Waals surface area contributed by atoms with E-state index in [9.17, 15) is 16.8 Å². The third kappa shape index (κ3) is 3.44. The first-order chi connectivity index (χ1) is 11.3. The molecule has 0 bridgehead atoms. The van der Waals surface area contributed by atoms with Gasteiger partial charge < -0.3 is 9.47 Å². The van der Waals surface area contributed by atoms with E-state index < -0.39 is 31.0 Å². The summed E-state index contributed by atoms with van der Waals surface area (Å²) >= 11 is 0. The topological polar surface area (TPSA) is 90.0 Å². The predicted octanol–water partition coefficient (Wildman–Crippen LogP) is -0.0333. The van der Waals surface area contributed by atoms with Crippen molar-refractivity contribution in [3.8, 4) is 5.75 Å². The van der Waals surface area contributed by atoms with Crippen molar-refractivity contribution in [1.29, 1.82) is 0 Å². The average molecular weight is 375 g/mol. The Hall–Kier alpha value is -1.16. The quantitative estimate of drug-likeness (QED) is 0.730. The van der Waals surface area contributed by atoms with Gasteiger partial charge >= 0.3 is 0 Å². The molecule has 2 atom stereocenters. The summed E-state index contributed by atoms with van der Waals surface area (Å²) in [5.74, 6) is 0.105. The third-order valence-corrected chi connectivity index (χ3v) is 8.71. The lowest BCUT2D eigenvalue weighted by molar-refractivity contribution is 0.0222. The number of ether oxygens (including phenoxy) is 2. The van der Waals surface area contributed by atoms with Gasteiger partial charge in [-0.3, -0.25) is 4.90 Å². The molecule has 0 spiro atoms. The number of nitrogens with zero attached hydrogens (tertiary/aromatic N) is 1. The van der Waals surface area contributed by atoms with Gasteiger partial charge in [0.05, 0.1) is 42.0 Å². The van der Waals surface area contributed by atoms with Gasteiger partial charge in [-0.25, -0.2) is 16.8 Å². The summed E-state index contributed by atoms with van der Waals surface area (Å²) in [7, 11) is -5.63. The van der Waals surface area contributed by atoms with Crippen LogP contribution in [-0.4, -0.2) is 77.9 Å². The molecule has 0 aliphatic carbocycles. The van der Waals surface area contributed by atoms with Crippen LogP contribution in [0.2, 0.25) is 0 Å². The van der Waals surface area contributed by atoms with Crippen molar-refractivity contribution in [1.82, 2.24) is 4.90 Å². The second kappa shape index (κ2) is 6.62. The molecule has 24 heavy (non-hydrogen) atoms. The lowest BCUT2D eigenvalue weighted by Gasteiger charge is -2.34. The normalized spacial score (nSPS) is 27.9. The molecule has 2 unspecified atom stereocenters. The number of hydrogen-bond donors (Lipinski definition) is 0. The van der Waals surface area contributed by atoms with Gasteiger partial charge in [0.25, 0.3) is 0 Å². The molecule has 3 rings (SSSR count). The number of sulfone groups is 2. The van der Waals surface area contributed by atoms with Crippen molar-refractivity contribution >= 4 is 19.7 Å². The molecule has 2 aliphatic rings. The zero-order valence-corrected chi connectivity index (χ0v) is 15.1. The number of morpholine rings is 1. The van der Waals surface area contributed by atoms with Crippen LogP contribution >= 0.6 is 0 Å². The van der Waals surface area contributed by atoms with E-state index in [1.54, 1.807) is 12.1 Å². The van der Waals surface area contributed by atoms with Crippen LogP contribution in [0, 0.1) is 0 Å². The molecule has 0 radical (unpaired) electrons. The Balaban J connectivity index is 1.93. The predicted molar refractivity (Wildman–Crippen MR) is 88.8 cm³/mol. The largest absolute Gasteiger partial charge is 0.497 e. The van der Waals surface area contributed by atoms with Gasteiger partial charge in [-0.05, 0) is 24.3 Å². The Morgan fingerprint density at radius 3 is 2.33 bits per heavy atom. The minimum absolute atomic E-state index is 0.118. The van der Waals surface area contributed by atoms with Gasteiger partial charge in [0.15, 0.2) is 19.7 Å². The molecule has 2 fully saturated rings. The van der Waals surface area contributed by atoms with Crippen molar-refractivity contribution in [3.63, 3.8) is 0 Å². The van der Waals surface area contributed by atoms with E-state index in [4.69, 9.17) is 9.47 Å².